The average molecular weight is 223 g/mol. The molecule has 6 heteroatoms. The molecule has 3 N–H and O–H groups in total. The van der Waals surface area contributed by atoms with Crippen molar-refractivity contribution < 1.29 is 15.3 Å². The van der Waals surface area contributed by atoms with Crippen LogP contribution in [0.4, 0.5) is 0 Å². The Labute approximate surface area is 91.8 Å². The fourth-order valence-corrected chi connectivity index (χ4v) is 1.55. The lowest BCUT2D eigenvalue weighted by Crippen LogP contribution is -2.20. The molecule has 2 aromatic rings. The van der Waals surface area contributed by atoms with E-state index >= 15 is 0 Å². The normalized spacial score (nSPS) is 15.2. The van der Waals surface area contributed by atoms with E-state index in [9.17, 15) is 10.2 Å². The molecule has 2 unspecified atom stereocenters. The third kappa shape index (κ3) is 1.90. The summed E-state index contributed by atoms with van der Waals surface area (Å²) in [6.45, 7) is -0.173. The molecule has 0 saturated carbocycles. The van der Waals surface area contributed by atoms with Crippen LogP contribution in [-0.2, 0) is 0 Å². The zero-order valence-electron chi connectivity index (χ0n) is 8.56. The molecule has 0 amide bonds. The first kappa shape index (κ1) is 11.0. The van der Waals surface area contributed by atoms with Crippen molar-refractivity contribution in [2.24, 2.45) is 0 Å². The lowest BCUT2D eigenvalue weighted by molar-refractivity contribution is 0.00146. The van der Waals surface area contributed by atoms with Crippen LogP contribution in [0, 0.1) is 0 Å². The fraction of sp³-hybridized carbons (Fsp3) is 0.400. The maximum atomic E-state index is 9.86. The van der Waals surface area contributed by atoms with Gasteiger partial charge in [-0.1, -0.05) is 0 Å². The molecule has 0 fully saturated rings. The summed E-state index contributed by atoms with van der Waals surface area (Å²) in [5.41, 5.74) is 0.462. The highest BCUT2D eigenvalue weighted by atomic mass is 16.3. The molecule has 2 aromatic heterocycles. The molecule has 0 saturated heterocycles. The van der Waals surface area contributed by atoms with E-state index in [-0.39, 0.29) is 13.0 Å². The standard InChI is InChI=1S/C10H13N3O3/c14-5-2-8(15)9(16)7-6-12-10-11-3-1-4-13(7)10/h1,3-4,6,8-9,14-16H,2,5H2. The lowest BCUT2D eigenvalue weighted by atomic mass is 10.1. The second-order valence-electron chi connectivity index (χ2n) is 3.50. The van der Waals surface area contributed by atoms with Gasteiger partial charge in [0.1, 0.15) is 6.10 Å². The molecule has 0 spiro atoms. The molecule has 2 heterocycles. The zero-order chi connectivity index (χ0) is 11.5. The Morgan fingerprint density at radius 2 is 2.12 bits per heavy atom. The van der Waals surface area contributed by atoms with Gasteiger partial charge in [0.15, 0.2) is 0 Å². The number of aliphatic hydroxyl groups excluding tert-OH is 3. The third-order valence-corrected chi connectivity index (χ3v) is 2.41. The Kier molecular flexibility index (Phi) is 3.14. The summed E-state index contributed by atoms with van der Waals surface area (Å²) >= 11 is 0. The highest BCUT2D eigenvalue weighted by Crippen LogP contribution is 2.19. The summed E-state index contributed by atoms with van der Waals surface area (Å²) in [5.74, 6) is 0.466. The van der Waals surface area contributed by atoms with Gasteiger partial charge in [0, 0.05) is 19.0 Å². The van der Waals surface area contributed by atoms with Gasteiger partial charge in [0.25, 0.3) is 0 Å². The molecule has 0 aliphatic carbocycles. The van der Waals surface area contributed by atoms with E-state index in [2.05, 4.69) is 9.97 Å². The van der Waals surface area contributed by atoms with Gasteiger partial charge in [-0.3, -0.25) is 4.40 Å². The molecule has 2 rings (SSSR count). The number of rotatable bonds is 4. The number of aliphatic hydroxyl groups is 3. The number of fused-ring (bicyclic) bond motifs is 1. The zero-order valence-corrected chi connectivity index (χ0v) is 8.56. The average Bonchev–Trinajstić information content (AvgIpc) is 2.72. The maximum Gasteiger partial charge on any atom is 0.233 e. The largest absolute Gasteiger partial charge is 0.396 e. The molecule has 0 aliphatic rings. The van der Waals surface area contributed by atoms with Gasteiger partial charge in [0.2, 0.25) is 5.78 Å². The summed E-state index contributed by atoms with van der Waals surface area (Å²) in [6.07, 6.45) is 2.81. The molecular formula is C10H13N3O3. The van der Waals surface area contributed by atoms with Crippen LogP contribution in [0.25, 0.3) is 5.78 Å². The van der Waals surface area contributed by atoms with Crippen molar-refractivity contribution in [1.82, 2.24) is 14.4 Å². The van der Waals surface area contributed by atoms with Crippen LogP contribution in [0.2, 0.25) is 0 Å². The van der Waals surface area contributed by atoms with Crippen LogP contribution >= 0.6 is 0 Å². The van der Waals surface area contributed by atoms with Gasteiger partial charge < -0.3 is 15.3 Å². The highest BCUT2D eigenvalue weighted by molar-refractivity contribution is 5.31. The number of nitrogens with zero attached hydrogens (tertiary/aromatic N) is 3. The predicted molar refractivity (Wildman–Crippen MR) is 55.7 cm³/mol. The minimum absolute atomic E-state index is 0.120. The lowest BCUT2D eigenvalue weighted by Gasteiger charge is -2.16. The molecule has 2 atom stereocenters. The Hall–Kier alpha value is -1.50. The molecule has 0 radical (unpaired) electrons. The van der Waals surface area contributed by atoms with E-state index in [1.54, 1.807) is 22.9 Å². The molecule has 0 aromatic carbocycles. The monoisotopic (exact) mass is 223 g/mol. The Balaban J connectivity index is 2.32. The van der Waals surface area contributed by atoms with Crippen molar-refractivity contribution in [3.63, 3.8) is 0 Å². The smallest absolute Gasteiger partial charge is 0.233 e. The summed E-state index contributed by atoms with van der Waals surface area (Å²) in [7, 11) is 0. The first-order valence-corrected chi connectivity index (χ1v) is 4.99. The molecule has 0 bridgehead atoms. The first-order valence-electron chi connectivity index (χ1n) is 4.99. The van der Waals surface area contributed by atoms with Crippen molar-refractivity contribution in [3.05, 3.63) is 30.4 Å². The van der Waals surface area contributed by atoms with Gasteiger partial charge in [-0.25, -0.2) is 9.97 Å². The Morgan fingerprint density at radius 1 is 1.31 bits per heavy atom. The number of imidazole rings is 1. The summed E-state index contributed by atoms with van der Waals surface area (Å²) in [5, 5.41) is 28.1. The van der Waals surface area contributed by atoms with Crippen LogP contribution in [0.1, 0.15) is 18.2 Å². The number of hydrogen-bond acceptors (Lipinski definition) is 5. The van der Waals surface area contributed by atoms with E-state index in [0.29, 0.717) is 11.5 Å². The van der Waals surface area contributed by atoms with Crippen molar-refractivity contribution >= 4 is 5.78 Å². The molecule has 16 heavy (non-hydrogen) atoms. The number of aromatic nitrogens is 3. The van der Waals surface area contributed by atoms with E-state index in [1.807, 2.05) is 0 Å². The van der Waals surface area contributed by atoms with Crippen molar-refractivity contribution in [1.29, 1.82) is 0 Å². The van der Waals surface area contributed by atoms with E-state index in [1.165, 1.54) is 6.20 Å². The van der Waals surface area contributed by atoms with Crippen LogP contribution in [0.3, 0.4) is 0 Å². The first-order chi connectivity index (χ1) is 7.74. The van der Waals surface area contributed by atoms with Crippen molar-refractivity contribution in [2.75, 3.05) is 6.61 Å². The predicted octanol–water partition coefficient (Wildman–Crippen LogP) is -0.494. The molecular weight excluding hydrogens is 210 g/mol. The van der Waals surface area contributed by atoms with Gasteiger partial charge in [-0.15, -0.1) is 0 Å². The number of hydrogen-bond donors (Lipinski definition) is 3. The van der Waals surface area contributed by atoms with Gasteiger partial charge in [-0.2, -0.15) is 0 Å². The summed E-state index contributed by atoms with van der Waals surface area (Å²) < 4.78 is 1.60. The van der Waals surface area contributed by atoms with E-state index in [0.717, 1.165) is 0 Å². The van der Waals surface area contributed by atoms with Crippen LogP contribution < -0.4 is 0 Å². The second-order valence-corrected chi connectivity index (χ2v) is 3.50. The van der Waals surface area contributed by atoms with Crippen molar-refractivity contribution in [3.8, 4) is 0 Å². The van der Waals surface area contributed by atoms with Gasteiger partial charge in [0.05, 0.1) is 18.0 Å². The molecule has 0 aliphatic heterocycles. The van der Waals surface area contributed by atoms with Gasteiger partial charge in [-0.05, 0) is 12.5 Å². The van der Waals surface area contributed by atoms with E-state index in [4.69, 9.17) is 5.11 Å². The van der Waals surface area contributed by atoms with E-state index < -0.39 is 12.2 Å². The minimum atomic E-state index is -1.08. The minimum Gasteiger partial charge on any atom is -0.396 e. The summed E-state index contributed by atoms with van der Waals surface area (Å²) in [6, 6.07) is 1.71. The Morgan fingerprint density at radius 3 is 2.88 bits per heavy atom. The highest BCUT2D eigenvalue weighted by Gasteiger charge is 2.21. The topological polar surface area (TPSA) is 90.9 Å². The second kappa shape index (κ2) is 4.56. The van der Waals surface area contributed by atoms with Gasteiger partial charge >= 0.3 is 0 Å². The molecule has 6 nitrogen and oxygen atoms in total. The molecule has 86 valence electrons. The van der Waals surface area contributed by atoms with Crippen LogP contribution in [-0.4, -0.2) is 42.4 Å². The van der Waals surface area contributed by atoms with Crippen molar-refractivity contribution in [2.45, 2.75) is 18.6 Å². The quantitative estimate of drug-likeness (QED) is 0.650. The van der Waals surface area contributed by atoms with Crippen LogP contribution in [0.15, 0.2) is 24.7 Å². The maximum absolute atomic E-state index is 9.86. The van der Waals surface area contributed by atoms with Crippen LogP contribution in [0.5, 0.6) is 0 Å². The fourth-order valence-electron chi connectivity index (χ4n) is 1.55. The third-order valence-electron chi connectivity index (χ3n) is 2.41. The SMILES string of the molecule is OCCC(O)C(O)c1cnc2ncccn12. The summed E-state index contributed by atoms with van der Waals surface area (Å²) in [4.78, 5) is 8.00. The Bertz CT molecular complexity index is 471.